The van der Waals surface area contributed by atoms with Gasteiger partial charge in [-0.05, 0) is 112 Å². The molecule has 4 atom stereocenters. The van der Waals surface area contributed by atoms with Crippen LogP contribution >= 0.6 is 63.7 Å². The molecule has 4 aromatic carbocycles. The molecule has 1 saturated heterocycles. The van der Waals surface area contributed by atoms with E-state index in [-0.39, 0.29) is 40.1 Å². The molecular formula is C33H22Br4O17. The van der Waals surface area contributed by atoms with Gasteiger partial charge in [0, 0.05) is 0 Å². The molecule has 0 amide bonds. The Morgan fingerprint density at radius 1 is 0.481 bits per heavy atom. The lowest BCUT2D eigenvalue weighted by Crippen LogP contribution is -2.42. The average Bonchev–Trinajstić information content (AvgIpc) is 3.42. The topological polar surface area (TPSA) is 276 Å². The maximum absolute atomic E-state index is 13.5. The molecule has 0 bridgehead atoms. The molecule has 0 aromatic heterocycles. The number of hydrogen-bond acceptors (Lipinski definition) is 17. The predicted octanol–water partition coefficient (Wildman–Crippen LogP) is 5.57. The van der Waals surface area contributed by atoms with Crippen molar-refractivity contribution >= 4 is 87.6 Å². The highest BCUT2D eigenvalue weighted by Crippen LogP contribution is 2.39. The van der Waals surface area contributed by atoms with Crippen molar-refractivity contribution in [2.75, 3.05) is 6.61 Å². The Labute approximate surface area is 335 Å². The number of benzene rings is 4. The van der Waals surface area contributed by atoms with Crippen LogP contribution in [0, 0.1) is 0 Å². The summed E-state index contributed by atoms with van der Waals surface area (Å²) in [7, 11) is 0. The van der Waals surface area contributed by atoms with Gasteiger partial charge in [-0.15, -0.1) is 0 Å². The summed E-state index contributed by atoms with van der Waals surface area (Å²) in [5.74, 6) is -10.1. The lowest BCUT2D eigenvalue weighted by molar-refractivity contribution is -0.141. The molecule has 0 radical (unpaired) electrons. The first-order valence-electron chi connectivity index (χ1n) is 14.7. The summed E-state index contributed by atoms with van der Waals surface area (Å²) < 4.78 is 27.4. The fourth-order valence-electron chi connectivity index (χ4n) is 4.80. The molecule has 284 valence electrons. The van der Waals surface area contributed by atoms with Gasteiger partial charge >= 0.3 is 23.9 Å². The Morgan fingerprint density at radius 3 is 1.15 bits per heavy atom. The smallest absolute Gasteiger partial charge is 0.340 e. The van der Waals surface area contributed by atoms with Gasteiger partial charge in [-0.25, -0.2) is 19.2 Å². The average molecular weight is 1010 g/mol. The highest BCUT2D eigenvalue weighted by atomic mass is 79.9. The number of halogens is 4. The van der Waals surface area contributed by atoms with Gasteiger partial charge in [-0.3, -0.25) is 0 Å². The number of rotatable bonds is 9. The van der Waals surface area contributed by atoms with Gasteiger partial charge in [-0.2, -0.15) is 0 Å². The van der Waals surface area contributed by atoms with Crippen molar-refractivity contribution in [1.82, 2.24) is 0 Å². The molecule has 1 heterocycles. The van der Waals surface area contributed by atoms with Crippen LogP contribution in [0.5, 0.6) is 46.0 Å². The molecule has 8 N–H and O–H groups in total. The molecule has 1 aliphatic heterocycles. The summed E-state index contributed by atoms with van der Waals surface area (Å²) in [5, 5.41) is 79.9. The lowest BCUT2D eigenvalue weighted by atomic mass is 10.1. The molecule has 5 rings (SSSR count). The zero-order valence-electron chi connectivity index (χ0n) is 26.4. The molecule has 0 aliphatic carbocycles. The van der Waals surface area contributed by atoms with Crippen LogP contribution in [-0.4, -0.2) is 95.9 Å². The van der Waals surface area contributed by atoms with Crippen LogP contribution in [-0.2, 0) is 23.7 Å². The van der Waals surface area contributed by atoms with E-state index in [1.165, 1.54) is 0 Å². The van der Waals surface area contributed by atoms with E-state index in [0.717, 1.165) is 48.5 Å². The third kappa shape index (κ3) is 8.54. The van der Waals surface area contributed by atoms with Crippen LogP contribution in [0.2, 0.25) is 0 Å². The molecule has 1 unspecified atom stereocenters. The molecule has 4 aromatic rings. The number of ether oxygens (including phenoxy) is 5. The van der Waals surface area contributed by atoms with Crippen LogP contribution in [0.25, 0.3) is 0 Å². The fraction of sp³-hybridized carbons (Fsp3) is 0.152. The number of carbonyl (C=O) groups is 4. The molecule has 17 nitrogen and oxygen atoms in total. The highest BCUT2D eigenvalue weighted by molar-refractivity contribution is 9.11. The lowest BCUT2D eigenvalue weighted by Gasteiger charge is -2.24. The van der Waals surface area contributed by atoms with Gasteiger partial charge in [0.15, 0.2) is 52.1 Å². The third-order valence-electron chi connectivity index (χ3n) is 7.47. The molecule has 21 heteroatoms. The van der Waals surface area contributed by atoms with Gasteiger partial charge in [0.1, 0.15) is 12.7 Å². The summed E-state index contributed by atoms with van der Waals surface area (Å²) >= 11 is 11.9. The standard InChI is InChI=1S/C33H22Br4O17/c34-14-1-10(5-18(38)23(14)42)29(46)50-9-22-27(52-30(47)11-2-15(35)24(43)19(39)6-11)28(53-31(48)12-3-16(36)25(44)20(40)7-12)33(51-22)54-32(49)13-4-17(37)26(45)21(41)8-13/h1-8,22,27-28,33,38-45H,9H2/t22-,27-,28-,33?/m1/s1. The van der Waals surface area contributed by atoms with E-state index >= 15 is 0 Å². The van der Waals surface area contributed by atoms with E-state index in [1.807, 2.05) is 0 Å². The van der Waals surface area contributed by atoms with E-state index in [2.05, 4.69) is 63.7 Å². The van der Waals surface area contributed by atoms with E-state index in [0.29, 0.717) is 0 Å². The van der Waals surface area contributed by atoms with Crippen molar-refractivity contribution in [3.05, 3.63) is 88.7 Å². The second-order valence-electron chi connectivity index (χ2n) is 11.1. The molecular weight excluding hydrogens is 988 g/mol. The first-order chi connectivity index (χ1) is 25.4. The largest absolute Gasteiger partial charge is 0.504 e. The molecule has 54 heavy (non-hydrogen) atoms. The number of phenolic OH excluding ortho intramolecular Hbond substituents is 8. The number of phenols is 8. The zero-order valence-corrected chi connectivity index (χ0v) is 32.7. The summed E-state index contributed by atoms with van der Waals surface area (Å²) in [6.07, 6.45) is -7.36. The fourth-order valence-corrected chi connectivity index (χ4v) is 6.59. The molecule has 0 spiro atoms. The van der Waals surface area contributed by atoms with Gasteiger partial charge < -0.3 is 64.5 Å². The van der Waals surface area contributed by atoms with Crippen molar-refractivity contribution in [2.24, 2.45) is 0 Å². The Balaban J connectivity index is 1.54. The van der Waals surface area contributed by atoms with Crippen LogP contribution in [0.1, 0.15) is 41.4 Å². The second kappa shape index (κ2) is 16.2. The normalized spacial score (nSPS) is 17.8. The van der Waals surface area contributed by atoms with E-state index in [1.54, 1.807) is 0 Å². The minimum atomic E-state index is -1.99. The number of hydrogen-bond donors (Lipinski definition) is 8. The third-order valence-corrected chi connectivity index (χ3v) is 9.89. The minimum absolute atomic E-state index is 0.0700. The summed E-state index contributed by atoms with van der Waals surface area (Å²) in [6, 6.07) is 7.72. The van der Waals surface area contributed by atoms with Crippen LogP contribution in [0.4, 0.5) is 0 Å². The summed E-state index contributed by atoms with van der Waals surface area (Å²) in [6.45, 7) is -0.820. The highest BCUT2D eigenvalue weighted by Gasteiger charge is 2.53. The van der Waals surface area contributed by atoms with E-state index in [4.69, 9.17) is 23.7 Å². The zero-order chi connectivity index (χ0) is 39.8. The van der Waals surface area contributed by atoms with Gasteiger partial charge in [-0.1, -0.05) is 0 Å². The SMILES string of the molecule is O=C(OC[C@H]1OC(OC(=O)c2cc(O)c(O)c(Br)c2)[C@H](OC(=O)c2cc(O)c(O)c(Br)c2)[C@@H]1OC(=O)c1cc(O)c(O)c(Br)c1)c1cc(O)c(O)c(Br)c1. The van der Waals surface area contributed by atoms with Crippen LogP contribution in [0.15, 0.2) is 66.4 Å². The summed E-state index contributed by atoms with van der Waals surface area (Å²) in [5.41, 5.74) is -1.36. The quantitative estimate of drug-likeness (QED) is 0.0578. The number of carbonyl (C=O) groups excluding carboxylic acids is 4. The Morgan fingerprint density at radius 2 is 0.796 bits per heavy atom. The number of aromatic hydroxyl groups is 8. The van der Waals surface area contributed by atoms with Crippen molar-refractivity contribution in [3.63, 3.8) is 0 Å². The van der Waals surface area contributed by atoms with Crippen LogP contribution in [0.3, 0.4) is 0 Å². The van der Waals surface area contributed by atoms with Gasteiger partial charge in [0.05, 0.1) is 40.1 Å². The number of esters is 4. The molecule has 1 fully saturated rings. The van der Waals surface area contributed by atoms with Crippen molar-refractivity contribution < 1.29 is 83.7 Å². The van der Waals surface area contributed by atoms with E-state index < -0.39 is 101 Å². The van der Waals surface area contributed by atoms with Crippen molar-refractivity contribution in [3.8, 4) is 46.0 Å². The molecule has 1 aliphatic rings. The van der Waals surface area contributed by atoms with E-state index in [9.17, 15) is 60.0 Å². The molecule has 0 saturated carbocycles. The Kier molecular flexibility index (Phi) is 12.1. The van der Waals surface area contributed by atoms with Gasteiger partial charge in [0.25, 0.3) is 0 Å². The van der Waals surface area contributed by atoms with Crippen molar-refractivity contribution in [1.29, 1.82) is 0 Å². The Bertz CT molecular complexity index is 2100. The van der Waals surface area contributed by atoms with Gasteiger partial charge in [0.2, 0.25) is 12.4 Å². The Hall–Kier alpha value is -4.96. The van der Waals surface area contributed by atoms with Crippen LogP contribution < -0.4 is 0 Å². The second-order valence-corrected chi connectivity index (χ2v) is 14.5. The first kappa shape index (κ1) is 40.2. The monoisotopic (exact) mass is 1010 g/mol. The maximum Gasteiger partial charge on any atom is 0.340 e. The maximum atomic E-state index is 13.5. The van der Waals surface area contributed by atoms with Crippen molar-refractivity contribution in [2.45, 2.75) is 24.6 Å². The predicted molar refractivity (Wildman–Crippen MR) is 193 cm³/mol. The first-order valence-corrected chi connectivity index (χ1v) is 17.8. The summed E-state index contributed by atoms with van der Waals surface area (Å²) in [4.78, 5) is 53.3. The minimum Gasteiger partial charge on any atom is -0.504 e.